The second kappa shape index (κ2) is 2.63. The average Bonchev–Trinajstić information content (AvgIpc) is 1.86. The van der Waals surface area contributed by atoms with Gasteiger partial charge in [0.2, 0.25) is 0 Å². The lowest BCUT2D eigenvalue weighted by molar-refractivity contribution is 0.594. The Bertz CT molecular complexity index is 345. The van der Waals surface area contributed by atoms with Gasteiger partial charge in [-0.05, 0) is 6.07 Å². The fraction of sp³-hybridized carbons (Fsp3) is 0. The van der Waals surface area contributed by atoms with Crippen molar-refractivity contribution in [3.63, 3.8) is 0 Å². The first-order valence-corrected chi connectivity index (χ1v) is 4.50. The average molecular weight is 170 g/mol. The van der Waals surface area contributed by atoms with Gasteiger partial charge in [0.1, 0.15) is 7.85 Å². The lowest BCUT2D eigenvalue weighted by atomic mass is 9.99. The Morgan fingerprint density at radius 2 is 2.09 bits per heavy atom. The SMILES string of the molecule is Bc1ccc(S(N)(=O)=O)nc1. The summed E-state index contributed by atoms with van der Waals surface area (Å²) in [5, 5.41) is 4.72. The molecule has 0 radical (unpaired) electrons. The molecule has 4 nitrogen and oxygen atoms in total. The van der Waals surface area contributed by atoms with Gasteiger partial charge < -0.3 is 0 Å². The van der Waals surface area contributed by atoms with Crippen LogP contribution in [-0.4, -0.2) is 21.2 Å². The first-order valence-electron chi connectivity index (χ1n) is 2.95. The monoisotopic (exact) mass is 170 g/mol. The van der Waals surface area contributed by atoms with E-state index in [2.05, 4.69) is 4.98 Å². The van der Waals surface area contributed by atoms with Crippen LogP contribution in [0.3, 0.4) is 0 Å². The summed E-state index contributed by atoms with van der Waals surface area (Å²) in [7, 11) is -1.81. The number of nitrogens with zero attached hydrogens (tertiary/aromatic N) is 1. The van der Waals surface area contributed by atoms with Gasteiger partial charge in [-0.3, -0.25) is 0 Å². The molecular weight excluding hydrogens is 163 g/mol. The summed E-state index contributed by atoms with van der Waals surface area (Å²) >= 11 is 0. The number of rotatable bonds is 1. The van der Waals surface area contributed by atoms with Gasteiger partial charge in [-0.15, -0.1) is 0 Å². The van der Waals surface area contributed by atoms with E-state index >= 15 is 0 Å². The van der Waals surface area contributed by atoms with E-state index in [-0.39, 0.29) is 5.03 Å². The first kappa shape index (κ1) is 8.22. The van der Waals surface area contributed by atoms with Gasteiger partial charge in [-0.2, -0.15) is 0 Å². The number of aromatic nitrogens is 1. The van der Waals surface area contributed by atoms with Crippen LogP contribution in [0.15, 0.2) is 23.4 Å². The molecule has 1 rings (SSSR count). The van der Waals surface area contributed by atoms with Crippen LogP contribution in [-0.2, 0) is 10.0 Å². The lowest BCUT2D eigenvalue weighted by Gasteiger charge is -1.95. The summed E-state index contributed by atoms with van der Waals surface area (Å²) in [6, 6.07) is 3.03. The number of nitrogens with two attached hydrogens (primary N) is 1. The highest BCUT2D eigenvalue weighted by molar-refractivity contribution is 7.89. The molecule has 1 aromatic heterocycles. The van der Waals surface area contributed by atoms with E-state index in [0.29, 0.717) is 0 Å². The second-order valence-corrected chi connectivity index (χ2v) is 3.73. The van der Waals surface area contributed by atoms with Crippen LogP contribution in [0, 0.1) is 0 Å². The molecular formula is C5H7BN2O2S. The Labute approximate surface area is 65.9 Å². The van der Waals surface area contributed by atoms with E-state index in [9.17, 15) is 8.42 Å². The standard InChI is InChI=1S/C5H7BN2O2S/c6-4-1-2-5(8-3-4)11(7,9)10/h1-3H,6H2,(H2,7,9,10). The molecule has 0 aliphatic heterocycles. The normalized spacial score (nSPS) is 11.4. The van der Waals surface area contributed by atoms with Crippen LogP contribution in [0.1, 0.15) is 0 Å². The summed E-state index contributed by atoms with van der Waals surface area (Å²) in [5.74, 6) is 0. The number of pyridine rings is 1. The highest BCUT2D eigenvalue weighted by atomic mass is 32.2. The Morgan fingerprint density at radius 1 is 1.45 bits per heavy atom. The zero-order valence-corrected chi connectivity index (χ0v) is 6.80. The molecule has 1 aromatic rings. The third-order valence-electron chi connectivity index (χ3n) is 1.18. The van der Waals surface area contributed by atoms with Crippen molar-refractivity contribution in [1.29, 1.82) is 0 Å². The van der Waals surface area contributed by atoms with E-state index in [1.165, 1.54) is 12.3 Å². The molecule has 1 heterocycles. The fourth-order valence-corrected chi connectivity index (χ4v) is 1.08. The smallest absolute Gasteiger partial charge is 0.244 e. The Balaban J connectivity index is 3.20. The number of hydrogen-bond acceptors (Lipinski definition) is 3. The van der Waals surface area contributed by atoms with Crippen molar-refractivity contribution in [1.82, 2.24) is 4.98 Å². The first-order chi connectivity index (χ1) is 5.00. The summed E-state index contributed by atoms with van der Waals surface area (Å²) < 4.78 is 21.3. The Hall–Kier alpha value is -0.875. The number of primary sulfonamides is 1. The minimum Gasteiger partial charge on any atom is -0.244 e. The minimum absolute atomic E-state index is 0.0944. The molecule has 0 aliphatic carbocycles. The molecule has 58 valence electrons. The van der Waals surface area contributed by atoms with Crippen LogP contribution < -0.4 is 10.6 Å². The molecule has 0 aromatic carbocycles. The van der Waals surface area contributed by atoms with Crippen LogP contribution in [0.4, 0.5) is 0 Å². The fourth-order valence-electron chi connectivity index (χ4n) is 0.623. The highest BCUT2D eigenvalue weighted by Crippen LogP contribution is 1.96. The van der Waals surface area contributed by atoms with Crippen molar-refractivity contribution in [2.45, 2.75) is 5.03 Å². The van der Waals surface area contributed by atoms with Crippen LogP contribution >= 0.6 is 0 Å². The van der Waals surface area contributed by atoms with Crippen molar-refractivity contribution in [2.75, 3.05) is 0 Å². The molecule has 0 aliphatic rings. The summed E-state index contributed by atoms with van der Waals surface area (Å²) in [6.45, 7) is 0. The molecule has 0 fully saturated rings. The van der Waals surface area contributed by atoms with Gasteiger partial charge in [0, 0.05) is 6.20 Å². The van der Waals surface area contributed by atoms with Crippen molar-refractivity contribution < 1.29 is 8.42 Å². The molecule has 0 amide bonds. The van der Waals surface area contributed by atoms with E-state index in [1.54, 1.807) is 6.07 Å². The molecule has 11 heavy (non-hydrogen) atoms. The topological polar surface area (TPSA) is 73.1 Å². The van der Waals surface area contributed by atoms with Gasteiger partial charge >= 0.3 is 0 Å². The maximum atomic E-state index is 10.7. The van der Waals surface area contributed by atoms with Gasteiger partial charge in [-0.1, -0.05) is 11.5 Å². The van der Waals surface area contributed by atoms with Gasteiger partial charge in [0.05, 0.1) is 0 Å². The molecule has 2 N–H and O–H groups in total. The predicted octanol–water partition coefficient (Wildman–Crippen LogP) is -2.01. The van der Waals surface area contributed by atoms with E-state index < -0.39 is 10.0 Å². The Morgan fingerprint density at radius 3 is 2.45 bits per heavy atom. The lowest BCUT2D eigenvalue weighted by Crippen LogP contribution is -2.15. The van der Waals surface area contributed by atoms with Crippen molar-refractivity contribution in [3.8, 4) is 0 Å². The summed E-state index contributed by atoms with van der Waals surface area (Å²) in [5.41, 5.74) is 0.900. The minimum atomic E-state index is -3.63. The van der Waals surface area contributed by atoms with Gasteiger partial charge in [0.25, 0.3) is 10.0 Å². The molecule has 0 unspecified atom stereocenters. The number of sulfonamides is 1. The molecule has 0 spiro atoms. The zero-order valence-electron chi connectivity index (χ0n) is 5.98. The van der Waals surface area contributed by atoms with Crippen LogP contribution in [0.2, 0.25) is 0 Å². The second-order valence-electron chi connectivity index (χ2n) is 2.22. The van der Waals surface area contributed by atoms with Crippen molar-refractivity contribution in [2.24, 2.45) is 5.14 Å². The van der Waals surface area contributed by atoms with Crippen molar-refractivity contribution in [3.05, 3.63) is 18.3 Å². The maximum absolute atomic E-state index is 10.7. The maximum Gasteiger partial charge on any atom is 0.255 e. The highest BCUT2D eigenvalue weighted by Gasteiger charge is 2.06. The molecule has 6 heteroatoms. The van der Waals surface area contributed by atoms with E-state index in [0.717, 1.165) is 5.46 Å². The van der Waals surface area contributed by atoms with Crippen LogP contribution in [0.5, 0.6) is 0 Å². The van der Waals surface area contributed by atoms with E-state index in [1.807, 2.05) is 7.85 Å². The van der Waals surface area contributed by atoms with Crippen molar-refractivity contribution >= 4 is 23.3 Å². The summed E-state index contributed by atoms with van der Waals surface area (Å²) in [6.07, 6.45) is 1.46. The molecule has 0 atom stereocenters. The molecule has 0 saturated heterocycles. The third kappa shape index (κ3) is 2.02. The predicted molar refractivity (Wildman–Crippen MR) is 43.8 cm³/mol. The molecule has 0 bridgehead atoms. The quantitative estimate of drug-likeness (QED) is 0.494. The Kier molecular flexibility index (Phi) is 1.97. The van der Waals surface area contributed by atoms with E-state index in [4.69, 9.17) is 5.14 Å². The largest absolute Gasteiger partial charge is 0.255 e. The van der Waals surface area contributed by atoms with Crippen LogP contribution in [0.25, 0.3) is 0 Å². The third-order valence-corrected chi connectivity index (χ3v) is 2.00. The number of hydrogen-bond donors (Lipinski definition) is 1. The van der Waals surface area contributed by atoms with Gasteiger partial charge in [0.15, 0.2) is 5.03 Å². The molecule has 0 saturated carbocycles. The zero-order chi connectivity index (χ0) is 8.48. The summed E-state index contributed by atoms with van der Waals surface area (Å²) in [4.78, 5) is 3.64. The van der Waals surface area contributed by atoms with Gasteiger partial charge in [-0.25, -0.2) is 18.5 Å².